The third kappa shape index (κ3) is 2.62. The quantitative estimate of drug-likeness (QED) is 0.830. The monoisotopic (exact) mass is 305 g/mol. The zero-order valence-corrected chi connectivity index (χ0v) is 13.2. The Morgan fingerprint density at radius 1 is 1.09 bits per heavy atom. The predicted molar refractivity (Wildman–Crippen MR) is 90.7 cm³/mol. The number of nitrogens with two attached hydrogens (primary N) is 2. The van der Waals surface area contributed by atoms with Gasteiger partial charge in [-0.3, -0.25) is 0 Å². The lowest BCUT2D eigenvalue weighted by Crippen LogP contribution is -2.21. The molecule has 0 fully saturated rings. The van der Waals surface area contributed by atoms with E-state index in [4.69, 9.17) is 16.2 Å². The van der Waals surface area contributed by atoms with Gasteiger partial charge in [0, 0.05) is 17.3 Å². The molecule has 4 N–H and O–H groups in total. The summed E-state index contributed by atoms with van der Waals surface area (Å²) in [5, 5.41) is 9.52. The number of rotatable bonds is 2. The molecule has 2 aromatic rings. The van der Waals surface area contributed by atoms with E-state index in [9.17, 15) is 5.26 Å². The summed E-state index contributed by atoms with van der Waals surface area (Å²) in [6.45, 7) is 4.31. The van der Waals surface area contributed by atoms with Crippen LogP contribution in [0.15, 0.2) is 53.9 Å². The smallest absolute Gasteiger partial charge is 0.205 e. The Bertz CT molecular complexity index is 813. The van der Waals surface area contributed by atoms with Crippen LogP contribution in [0.25, 0.3) is 0 Å². The van der Waals surface area contributed by atoms with Crippen molar-refractivity contribution in [1.82, 2.24) is 0 Å². The summed E-state index contributed by atoms with van der Waals surface area (Å²) in [4.78, 5) is 0. The average Bonchev–Trinajstić information content (AvgIpc) is 2.53. The first kappa shape index (κ1) is 15.0. The van der Waals surface area contributed by atoms with Crippen LogP contribution in [-0.2, 0) is 0 Å². The second kappa shape index (κ2) is 5.69. The van der Waals surface area contributed by atoms with E-state index in [-0.39, 0.29) is 11.8 Å². The molecular weight excluding hydrogens is 286 g/mol. The van der Waals surface area contributed by atoms with Gasteiger partial charge in [-0.2, -0.15) is 5.26 Å². The van der Waals surface area contributed by atoms with Crippen LogP contribution in [0, 0.1) is 11.3 Å². The molecule has 1 aliphatic heterocycles. The maximum atomic E-state index is 9.52. The number of hydrogen-bond acceptors (Lipinski definition) is 4. The molecule has 0 spiro atoms. The van der Waals surface area contributed by atoms with Gasteiger partial charge in [-0.1, -0.05) is 44.2 Å². The largest absolute Gasteiger partial charge is 0.440 e. The average molecular weight is 305 g/mol. The molecule has 4 nitrogen and oxygen atoms in total. The molecule has 0 saturated heterocycles. The fourth-order valence-corrected chi connectivity index (χ4v) is 2.89. The van der Waals surface area contributed by atoms with Crippen molar-refractivity contribution in [1.29, 1.82) is 5.26 Å². The lowest BCUT2D eigenvalue weighted by molar-refractivity contribution is 0.394. The minimum atomic E-state index is -0.231. The van der Waals surface area contributed by atoms with Crippen molar-refractivity contribution < 1.29 is 4.74 Å². The Hall–Kier alpha value is -2.93. The molecule has 0 amide bonds. The highest BCUT2D eigenvalue weighted by atomic mass is 16.5. The SMILES string of the molecule is CC(C)c1ccc([C@@H]2C(C#N)=C(N)Oc3cc(N)ccc32)cc1. The number of ether oxygens (including phenoxy) is 1. The molecule has 23 heavy (non-hydrogen) atoms. The first-order chi connectivity index (χ1) is 11.0. The molecule has 0 unspecified atom stereocenters. The topological polar surface area (TPSA) is 85.1 Å². The number of fused-ring (bicyclic) bond motifs is 1. The molecule has 116 valence electrons. The van der Waals surface area contributed by atoms with E-state index in [1.807, 2.05) is 12.1 Å². The van der Waals surface area contributed by atoms with Gasteiger partial charge in [0.1, 0.15) is 17.4 Å². The lowest BCUT2D eigenvalue weighted by atomic mass is 9.83. The van der Waals surface area contributed by atoms with E-state index in [1.54, 1.807) is 6.07 Å². The summed E-state index contributed by atoms with van der Waals surface area (Å²) >= 11 is 0. The number of nitriles is 1. The highest BCUT2D eigenvalue weighted by Crippen LogP contribution is 2.42. The second-order valence-electron chi connectivity index (χ2n) is 6.04. The molecule has 0 radical (unpaired) electrons. The maximum absolute atomic E-state index is 9.52. The summed E-state index contributed by atoms with van der Waals surface area (Å²) in [6, 6.07) is 15.9. The zero-order valence-electron chi connectivity index (χ0n) is 13.2. The van der Waals surface area contributed by atoms with Gasteiger partial charge in [0.2, 0.25) is 5.88 Å². The number of benzene rings is 2. The van der Waals surface area contributed by atoms with Crippen LogP contribution in [0.4, 0.5) is 5.69 Å². The second-order valence-corrected chi connectivity index (χ2v) is 6.04. The Balaban J connectivity index is 2.14. The van der Waals surface area contributed by atoms with Gasteiger partial charge in [-0.25, -0.2) is 0 Å². The van der Waals surface area contributed by atoms with Crippen molar-refractivity contribution in [2.75, 3.05) is 5.73 Å². The molecular formula is C19H19N3O. The van der Waals surface area contributed by atoms with Gasteiger partial charge in [0.15, 0.2) is 0 Å². The fraction of sp³-hybridized carbons (Fsp3) is 0.211. The van der Waals surface area contributed by atoms with Gasteiger partial charge >= 0.3 is 0 Å². The molecule has 0 aromatic heterocycles. The van der Waals surface area contributed by atoms with E-state index in [0.29, 0.717) is 22.9 Å². The summed E-state index contributed by atoms with van der Waals surface area (Å²) in [5.41, 5.74) is 16.0. The molecule has 2 aromatic carbocycles. The van der Waals surface area contributed by atoms with Gasteiger partial charge in [0.05, 0.1) is 5.92 Å². The summed E-state index contributed by atoms with van der Waals surface area (Å²) in [7, 11) is 0. The van der Waals surface area contributed by atoms with E-state index in [1.165, 1.54) is 5.56 Å². The van der Waals surface area contributed by atoms with Crippen LogP contribution in [0.2, 0.25) is 0 Å². The van der Waals surface area contributed by atoms with Crippen LogP contribution in [-0.4, -0.2) is 0 Å². The molecule has 1 aliphatic rings. The van der Waals surface area contributed by atoms with Crippen LogP contribution in [0.1, 0.15) is 42.4 Å². The predicted octanol–water partition coefficient (Wildman–Crippen LogP) is 3.61. The highest BCUT2D eigenvalue weighted by Gasteiger charge is 2.30. The van der Waals surface area contributed by atoms with Crippen molar-refractivity contribution in [2.45, 2.75) is 25.7 Å². The van der Waals surface area contributed by atoms with Crippen molar-refractivity contribution in [3.05, 3.63) is 70.6 Å². The van der Waals surface area contributed by atoms with Gasteiger partial charge < -0.3 is 16.2 Å². The molecule has 0 saturated carbocycles. The van der Waals surface area contributed by atoms with Crippen molar-refractivity contribution >= 4 is 5.69 Å². The van der Waals surface area contributed by atoms with E-state index in [0.717, 1.165) is 11.1 Å². The number of allylic oxidation sites excluding steroid dienone is 1. The minimum absolute atomic E-state index is 0.142. The van der Waals surface area contributed by atoms with Crippen LogP contribution >= 0.6 is 0 Å². The third-order valence-corrected chi connectivity index (χ3v) is 4.18. The van der Waals surface area contributed by atoms with E-state index in [2.05, 4.69) is 44.2 Å². The van der Waals surface area contributed by atoms with Crippen LogP contribution in [0.3, 0.4) is 0 Å². The van der Waals surface area contributed by atoms with Crippen LogP contribution < -0.4 is 16.2 Å². The van der Waals surface area contributed by atoms with E-state index < -0.39 is 0 Å². The molecule has 0 aliphatic carbocycles. The Morgan fingerprint density at radius 2 is 1.78 bits per heavy atom. The molecule has 3 rings (SSSR count). The van der Waals surface area contributed by atoms with E-state index >= 15 is 0 Å². The molecule has 1 heterocycles. The first-order valence-electron chi connectivity index (χ1n) is 7.58. The Labute approximate surface area is 136 Å². The highest BCUT2D eigenvalue weighted by molar-refractivity contribution is 5.59. The Kier molecular flexibility index (Phi) is 3.71. The number of hydrogen-bond donors (Lipinski definition) is 2. The summed E-state index contributed by atoms with van der Waals surface area (Å²) in [6.07, 6.45) is 0. The van der Waals surface area contributed by atoms with Gasteiger partial charge in [-0.05, 0) is 23.1 Å². The number of nitrogens with zero attached hydrogens (tertiary/aromatic N) is 1. The number of anilines is 1. The minimum Gasteiger partial charge on any atom is -0.440 e. The molecule has 1 atom stereocenters. The maximum Gasteiger partial charge on any atom is 0.205 e. The summed E-state index contributed by atoms with van der Waals surface area (Å²) in [5.74, 6) is 0.982. The molecule has 0 bridgehead atoms. The van der Waals surface area contributed by atoms with Gasteiger partial charge in [-0.15, -0.1) is 0 Å². The van der Waals surface area contributed by atoms with Gasteiger partial charge in [0.25, 0.3) is 0 Å². The third-order valence-electron chi connectivity index (χ3n) is 4.18. The van der Waals surface area contributed by atoms with Crippen molar-refractivity contribution in [2.24, 2.45) is 5.73 Å². The standard InChI is InChI=1S/C19H19N3O/c1-11(2)12-3-5-13(6-4-12)18-15-8-7-14(21)9-17(15)23-19(22)16(18)10-20/h3-9,11,18H,21-22H2,1-2H3/t18-/m0/s1. The van der Waals surface area contributed by atoms with Crippen molar-refractivity contribution in [3.8, 4) is 11.8 Å². The normalized spacial score (nSPS) is 16.7. The fourth-order valence-electron chi connectivity index (χ4n) is 2.89. The Morgan fingerprint density at radius 3 is 2.39 bits per heavy atom. The molecule has 4 heteroatoms. The first-order valence-corrected chi connectivity index (χ1v) is 7.58. The number of nitrogen functional groups attached to an aromatic ring is 1. The van der Waals surface area contributed by atoms with Crippen LogP contribution in [0.5, 0.6) is 5.75 Å². The lowest BCUT2D eigenvalue weighted by Gasteiger charge is -2.26. The zero-order chi connectivity index (χ0) is 16.6. The van der Waals surface area contributed by atoms with Crippen molar-refractivity contribution in [3.63, 3.8) is 0 Å². The summed E-state index contributed by atoms with van der Waals surface area (Å²) < 4.78 is 5.58.